The van der Waals surface area contributed by atoms with Crippen molar-refractivity contribution in [2.45, 2.75) is 0 Å². The van der Waals surface area contributed by atoms with Crippen molar-refractivity contribution in [3.8, 4) is 11.1 Å². The van der Waals surface area contributed by atoms with Gasteiger partial charge in [0, 0.05) is 33.7 Å². The zero-order valence-corrected chi connectivity index (χ0v) is 19.4. The SMILES string of the molecule is NC1=Cc2cc3ccc(cc4nc(cc5c(-c6ccccc6)c(N)c(c(N)c1n2)n5N)C=C4)[nH]3.[Cu]. The second-order valence-electron chi connectivity index (χ2n) is 8.25. The Kier molecular flexibility index (Phi) is 5.36. The average molecular weight is 510 g/mol. The summed E-state index contributed by atoms with van der Waals surface area (Å²) in [5.41, 5.74) is 28.1. The van der Waals surface area contributed by atoms with Crippen LogP contribution in [0, 0.1) is 0 Å². The zero-order chi connectivity index (χ0) is 23.4. The summed E-state index contributed by atoms with van der Waals surface area (Å²) in [6.45, 7) is 0. The minimum absolute atomic E-state index is 0. The second kappa shape index (κ2) is 8.39. The Bertz CT molecular complexity index is 1690. The number of benzene rings is 1. The molecular formula is C26H22CuN8. The predicted octanol–water partition coefficient (Wildman–Crippen LogP) is 3.96. The minimum atomic E-state index is 0. The molecule has 0 saturated carbocycles. The molecule has 8 bridgehead atoms. The minimum Gasteiger partial charge on any atom is -0.397 e. The van der Waals surface area contributed by atoms with E-state index in [2.05, 4.69) is 9.97 Å². The van der Waals surface area contributed by atoms with Crippen LogP contribution >= 0.6 is 0 Å². The Morgan fingerprint density at radius 2 is 1.40 bits per heavy atom. The topological polar surface area (TPSA) is 151 Å². The van der Waals surface area contributed by atoms with Gasteiger partial charge in [-0.25, -0.2) is 9.97 Å². The molecule has 35 heavy (non-hydrogen) atoms. The molecule has 8 nitrogen and oxygen atoms in total. The molecule has 1 radical (unpaired) electrons. The monoisotopic (exact) mass is 509 g/mol. The van der Waals surface area contributed by atoms with Gasteiger partial charge in [-0.1, -0.05) is 30.3 Å². The number of hydrogen-bond donors (Lipinski definition) is 5. The van der Waals surface area contributed by atoms with Crippen LogP contribution in [0.15, 0.2) is 60.7 Å². The van der Waals surface area contributed by atoms with E-state index in [-0.39, 0.29) is 17.1 Å². The van der Waals surface area contributed by atoms with Crippen molar-refractivity contribution in [1.82, 2.24) is 19.6 Å². The number of anilines is 2. The van der Waals surface area contributed by atoms with Gasteiger partial charge >= 0.3 is 0 Å². The van der Waals surface area contributed by atoms with Gasteiger partial charge < -0.3 is 28.0 Å². The normalized spacial score (nSPS) is 12.3. The molecule has 0 amide bonds. The molecule has 0 saturated heterocycles. The van der Waals surface area contributed by atoms with Gasteiger partial charge in [-0.05, 0) is 54.1 Å². The van der Waals surface area contributed by atoms with Gasteiger partial charge in [0.25, 0.3) is 0 Å². The van der Waals surface area contributed by atoms with E-state index < -0.39 is 0 Å². The first-order valence-corrected chi connectivity index (χ1v) is 10.8. The Morgan fingerprint density at radius 3 is 2.11 bits per heavy atom. The van der Waals surface area contributed by atoms with Gasteiger partial charge in [-0.15, -0.1) is 0 Å². The van der Waals surface area contributed by atoms with Crippen LogP contribution in [-0.4, -0.2) is 19.6 Å². The fourth-order valence-corrected chi connectivity index (χ4v) is 4.42. The van der Waals surface area contributed by atoms with Crippen LogP contribution in [0.3, 0.4) is 0 Å². The molecule has 9 heteroatoms. The molecule has 2 aliphatic heterocycles. The van der Waals surface area contributed by atoms with Crippen molar-refractivity contribution < 1.29 is 17.1 Å². The van der Waals surface area contributed by atoms with Crippen molar-refractivity contribution in [3.05, 3.63) is 83.4 Å². The summed E-state index contributed by atoms with van der Waals surface area (Å²) < 4.78 is 1.49. The van der Waals surface area contributed by atoms with E-state index >= 15 is 0 Å². The average Bonchev–Trinajstić information content (AvgIpc) is 3.58. The van der Waals surface area contributed by atoms with Crippen molar-refractivity contribution in [2.75, 3.05) is 17.3 Å². The molecule has 0 fully saturated rings. The fourth-order valence-electron chi connectivity index (χ4n) is 4.42. The summed E-state index contributed by atoms with van der Waals surface area (Å²) in [7, 11) is 0. The Labute approximate surface area is 211 Å². The van der Waals surface area contributed by atoms with E-state index in [0.717, 1.165) is 33.5 Å². The molecule has 6 rings (SSSR count). The maximum absolute atomic E-state index is 6.68. The zero-order valence-electron chi connectivity index (χ0n) is 18.5. The van der Waals surface area contributed by atoms with Crippen LogP contribution < -0.4 is 23.0 Å². The van der Waals surface area contributed by atoms with Gasteiger partial charge in [0.05, 0.1) is 39.7 Å². The van der Waals surface area contributed by atoms with Gasteiger partial charge in [0.15, 0.2) is 0 Å². The van der Waals surface area contributed by atoms with Crippen molar-refractivity contribution in [3.63, 3.8) is 0 Å². The summed E-state index contributed by atoms with van der Waals surface area (Å²) in [6.07, 6.45) is 5.67. The van der Waals surface area contributed by atoms with Gasteiger partial charge in [-0.2, -0.15) is 0 Å². The van der Waals surface area contributed by atoms with Crippen LogP contribution in [-0.2, 0) is 17.1 Å². The number of nitrogens with one attached hydrogen (secondary N) is 1. The predicted molar refractivity (Wildman–Crippen MR) is 140 cm³/mol. The number of nitrogens with two attached hydrogens (primary N) is 4. The van der Waals surface area contributed by atoms with Crippen molar-refractivity contribution >= 4 is 57.4 Å². The first-order chi connectivity index (χ1) is 16.5. The summed E-state index contributed by atoms with van der Waals surface area (Å²) in [5, 5.41) is 0. The van der Waals surface area contributed by atoms with Gasteiger partial charge in [0.2, 0.25) is 0 Å². The molecule has 1 aromatic carbocycles. The number of hydrogen-bond acceptors (Lipinski definition) is 6. The molecule has 0 unspecified atom stereocenters. The van der Waals surface area contributed by atoms with Crippen LogP contribution in [0.1, 0.15) is 22.8 Å². The van der Waals surface area contributed by atoms with E-state index in [9.17, 15) is 0 Å². The van der Waals surface area contributed by atoms with Gasteiger partial charge in [-0.3, -0.25) is 4.68 Å². The molecule has 9 N–H and O–H groups in total. The van der Waals surface area contributed by atoms with E-state index in [4.69, 9.17) is 28.0 Å². The van der Waals surface area contributed by atoms with Gasteiger partial charge in [0.1, 0.15) is 11.2 Å². The summed E-state index contributed by atoms with van der Waals surface area (Å²) in [5.74, 6) is 6.61. The number of aromatic amines is 1. The molecule has 0 aliphatic carbocycles. The molecule has 2 aliphatic rings. The van der Waals surface area contributed by atoms with Crippen molar-refractivity contribution in [2.24, 2.45) is 5.73 Å². The molecule has 5 heterocycles. The van der Waals surface area contributed by atoms with E-state index in [1.165, 1.54) is 4.68 Å². The van der Waals surface area contributed by atoms with Crippen LogP contribution in [0.5, 0.6) is 0 Å². The maximum atomic E-state index is 6.68. The molecule has 0 atom stereocenters. The third-order valence-electron chi connectivity index (χ3n) is 5.98. The Balaban J connectivity index is 0.00000253. The number of fused-ring (bicyclic) bond motifs is 8. The maximum Gasteiger partial charge on any atom is 0.112 e. The summed E-state index contributed by atoms with van der Waals surface area (Å²) >= 11 is 0. The molecule has 0 spiro atoms. The van der Waals surface area contributed by atoms with E-state index in [1.807, 2.05) is 72.8 Å². The summed E-state index contributed by atoms with van der Waals surface area (Å²) in [4.78, 5) is 12.7. The van der Waals surface area contributed by atoms with Crippen LogP contribution in [0.2, 0.25) is 0 Å². The molecule has 177 valence electrons. The second-order valence-corrected chi connectivity index (χ2v) is 8.25. The number of nitrogens with zero attached hydrogens (tertiary/aromatic N) is 3. The third-order valence-corrected chi connectivity index (χ3v) is 5.98. The standard InChI is InChI=1S/C26H22N8.Cu/c27-20-12-19-11-17-7-6-15(31-17)10-16-8-9-18(32-16)13-21-22(14-4-2-1-3-5-14)23(28)26(34(21)30)24(29)25(20)33-19;/h1-13,31H,27-30H2;. The molecular weight excluding hydrogens is 488 g/mol. The first-order valence-electron chi connectivity index (χ1n) is 10.8. The van der Waals surface area contributed by atoms with Crippen LogP contribution in [0.4, 0.5) is 11.4 Å². The number of aromatic nitrogens is 4. The number of nitrogen functional groups attached to an aromatic ring is 3. The van der Waals surface area contributed by atoms with Crippen molar-refractivity contribution in [1.29, 1.82) is 0 Å². The van der Waals surface area contributed by atoms with E-state index in [1.54, 1.807) is 6.08 Å². The third kappa shape index (κ3) is 3.73. The quantitative estimate of drug-likeness (QED) is 0.170. The molecule has 3 aromatic heterocycles. The van der Waals surface area contributed by atoms with Crippen LogP contribution in [0.25, 0.3) is 57.1 Å². The van der Waals surface area contributed by atoms with E-state index in [0.29, 0.717) is 39.5 Å². The molecule has 4 aromatic rings. The number of H-pyrrole nitrogens is 1. The Morgan fingerprint density at radius 1 is 0.743 bits per heavy atom. The Hall–Kier alpha value is -4.46. The largest absolute Gasteiger partial charge is 0.397 e. The smallest absolute Gasteiger partial charge is 0.112 e. The first kappa shape index (κ1) is 22.3. The fraction of sp³-hybridized carbons (Fsp3) is 0. The summed E-state index contributed by atoms with van der Waals surface area (Å²) in [6, 6.07) is 19.5. The number of rotatable bonds is 1.